The average molecular weight is 180 g/mol. The van der Waals surface area contributed by atoms with Gasteiger partial charge in [0.15, 0.2) is 6.29 Å². The molecule has 2 rings (SSSR count). The zero-order valence-corrected chi connectivity index (χ0v) is 7.32. The number of aldehydes is 1. The van der Waals surface area contributed by atoms with E-state index in [1.54, 1.807) is 0 Å². The Morgan fingerprint density at radius 3 is 3.00 bits per heavy atom. The molecule has 13 heavy (non-hydrogen) atoms. The highest BCUT2D eigenvalue weighted by molar-refractivity contribution is 5.75. The fourth-order valence-corrected chi connectivity index (χ4v) is 1.74. The quantitative estimate of drug-likeness (QED) is 0.688. The maximum absolute atomic E-state index is 10.6. The van der Waals surface area contributed by atoms with E-state index >= 15 is 0 Å². The molecule has 0 spiro atoms. The number of carbonyl (C=O) groups is 1. The van der Waals surface area contributed by atoms with E-state index in [1.807, 2.05) is 0 Å². The molecule has 4 heteroatoms. The van der Waals surface area contributed by atoms with Crippen molar-refractivity contribution in [1.82, 2.24) is 10.5 Å². The number of nitrogens with one attached hydrogen (secondary N) is 1. The van der Waals surface area contributed by atoms with Gasteiger partial charge in [-0.1, -0.05) is 5.16 Å². The second kappa shape index (κ2) is 3.70. The molecular formula is C9H12N2O2. The minimum absolute atomic E-state index is 0.365. The molecule has 0 unspecified atom stereocenters. The number of piperidine rings is 1. The molecule has 0 aliphatic carbocycles. The molecule has 70 valence electrons. The van der Waals surface area contributed by atoms with Crippen LogP contribution in [0.1, 0.15) is 34.9 Å². The van der Waals surface area contributed by atoms with Crippen molar-refractivity contribution < 1.29 is 9.32 Å². The van der Waals surface area contributed by atoms with Crippen LogP contribution in [0.5, 0.6) is 0 Å². The highest BCUT2D eigenvalue weighted by Gasteiger charge is 2.21. The summed E-state index contributed by atoms with van der Waals surface area (Å²) in [5, 5.41) is 6.91. The van der Waals surface area contributed by atoms with Crippen LogP contribution in [0.25, 0.3) is 0 Å². The molecule has 1 aliphatic heterocycles. The van der Waals surface area contributed by atoms with Crippen molar-refractivity contribution in [2.75, 3.05) is 13.1 Å². The monoisotopic (exact) mass is 180 g/mol. The Bertz CT molecular complexity index is 290. The molecule has 0 aromatic carbocycles. The Labute approximate surface area is 76.3 Å². The van der Waals surface area contributed by atoms with E-state index in [0.29, 0.717) is 11.5 Å². The molecule has 1 aromatic rings. The van der Waals surface area contributed by atoms with Gasteiger partial charge in [0.05, 0.1) is 11.8 Å². The van der Waals surface area contributed by atoms with Gasteiger partial charge in [0.25, 0.3) is 0 Å². The lowest BCUT2D eigenvalue weighted by molar-refractivity contribution is 0.112. The van der Waals surface area contributed by atoms with Crippen molar-refractivity contribution in [3.05, 3.63) is 17.5 Å². The maximum atomic E-state index is 10.6. The van der Waals surface area contributed by atoms with Gasteiger partial charge < -0.3 is 9.84 Å². The summed E-state index contributed by atoms with van der Waals surface area (Å²) in [5.41, 5.74) is 0.604. The highest BCUT2D eigenvalue weighted by Crippen LogP contribution is 2.26. The largest absolute Gasteiger partial charge is 0.360 e. The zero-order valence-electron chi connectivity index (χ0n) is 7.32. The summed E-state index contributed by atoms with van der Waals surface area (Å²) in [6, 6.07) is 0. The normalized spacial score (nSPS) is 18.8. The van der Waals surface area contributed by atoms with Crippen LogP contribution in [0.3, 0.4) is 0 Å². The minimum Gasteiger partial charge on any atom is -0.360 e. The second-order valence-electron chi connectivity index (χ2n) is 3.29. The van der Waals surface area contributed by atoms with Crippen LogP contribution in [0.15, 0.2) is 10.7 Å². The van der Waals surface area contributed by atoms with Crippen LogP contribution in [0.2, 0.25) is 0 Å². The van der Waals surface area contributed by atoms with Gasteiger partial charge in [0.2, 0.25) is 0 Å². The van der Waals surface area contributed by atoms with E-state index in [-0.39, 0.29) is 0 Å². The highest BCUT2D eigenvalue weighted by atomic mass is 16.5. The van der Waals surface area contributed by atoms with E-state index in [4.69, 9.17) is 4.52 Å². The fraction of sp³-hybridized carbons (Fsp3) is 0.556. The number of hydrogen-bond acceptors (Lipinski definition) is 4. The number of nitrogens with zero attached hydrogens (tertiary/aromatic N) is 1. The molecule has 0 saturated carbocycles. The first-order valence-corrected chi connectivity index (χ1v) is 4.52. The summed E-state index contributed by atoms with van der Waals surface area (Å²) < 4.78 is 5.09. The van der Waals surface area contributed by atoms with Crippen LogP contribution < -0.4 is 5.32 Å². The number of hydrogen-bond donors (Lipinski definition) is 1. The molecular weight excluding hydrogens is 168 g/mol. The van der Waals surface area contributed by atoms with Crippen molar-refractivity contribution in [1.29, 1.82) is 0 Å². The first-order chi connectivity index (χ1) is 6.42. The third-order valence-corrected chi connectivity index (χ3v) is 2.46. The molecule has 0 bridgehead atoms. The Balaban J connectivity index is 2.17. The number of aromatic nitrogens is 1. The Morgan fingerprint density at radius 2 is 2.31 bits per heavy atom. The van der Waals surface area contributed by atoms with E-state index < -0.39 is 0 Å². The molecule has 0 atom stereocenters. The van der Waals surface area contributed by atoms with Gasteiger partial charge in [0.1, 0.15) is 5.76 Å². The van der Waals surface area contributed by atoms with Crippen LogP contribution in [0.4, 0.5) is 0 Å². The van der Waals surface area contributed by atoms with Crippen LogP contribution in [-0.2, 0) is 0 Å². The van der Waals surface area contributed by atoms with Crippen LogP contribution >= 0.6 is 0 Å². The smallest absolute Gasteiger partial charge is 0.155 e. The average Bonchev–Trinajstić information content (AvgIpc) is 2.67. The Morgan fingerprint density at radius 1 is 1.54 bits per heavy atom. The molecule has 1 saturated heterocycles. The van der Waals surface area contributed by atoms with Gasteiger partial charge in [-0.25, -0.2) is 0 Å². The predicted molar refractivity (Wildman–Crippen MR) is 46.7 cm³/mol. The lowest BCUT2D eigenvalue weighted by Crippen LogP contribution is -2.26. The lowest BCUT2D eigenvalue weighted by Gasteiger charge is -2.20. The lowest BCUT2D eigenvalue weighted by atomic mass is 9.93. The molecule has 0 radical (unpaired) electrons. The standard InChI is InChI=1S/C9H12N2O2/c12-6-8-5-11-13-9(8)7-1-3-10-4-2-7/h5-7,10H,1-4H2. The number of rotatable bonds is 2. The van der Waals surface area contributed by atoms with E-state index in [1.165, 1.54) is 6.20 Å². The first-order valence-electron chi connectivity index (χ1n) is 4.52. The summed E-state index contributed by atoms with van der Waals surface area (Å²) >= 11 is 0. The van der Waals surface area contributed by atoms with Gasteiger partial charge in [-0.05, 0) is 25.9 Å². The summed E-state index contributed by atoms with van der Waals surface area (Å²) in [7, 11) is 0. The molecule has 2 heterocycles. The van der Waals surface area contributed by atoms with Crippen molar-refractivity contribution in [2.24, 2.45) is 0 Å². The minimum atomic E-state index is 0.365. The van der Waals surface area contributed by atoms with E-state index in [0.717, 1.165) is 38.0 Å². The zero-order chi connectivity index (χ0) is 9.10. The van der Waals surface area contributed by atoms with Crippen molar-refractivity contribution in [2.45, 2.75) is 18.8 Å². The van der Waals surface area contributed by atoms with Crippen molar-refractivity contribution in [3.63, 3.8) is 0 Å². The third-order valence-electron chi connectivity index (χ3n) is 2.46. The summed E-state index contributed by atoms with van der Waals surface area (Å²) in [6.07, 6.45) is 4.35. The van der Waals surface area contributed by atoms with Gasteiger partial charge in [-0.2, -0.15) is 0 Å². The molecule has 1 fully saturated rings. The second-order valence-corrected chi connectivity index (χ2v) is 3.29. The van der Waals surface area contributed by atoms with Crippen molar-refractivity contribution in [3.8, 4) is 0 Å². The van der Waals surface area contributed by atoms with Crippen LogP contribution in [-0.4, -0.2) is 24.5 Å². The van der Waals surface area contributed by atoms with Crippen molar-refractivity contribution >= 4 is 6.29 Å². The molecule has 1 aliphatic rings. The first kappa shape index (κ1) is 8.44. The summed E-state index contributed by atoms with van der Waals surface area (Å²) in [4.78, 5) is 10.6. The third kappa shape index (κ3) is 1.62. The summed E-state index contributed by atoms with van der Waals surface area (Å²) in [6.45, 7) is 1.98. The SMILES string of the molecule is O=Cc1cnoc1C1CCNCC1. The Hall–Kier alpha value is -1.16. The number of carbonyl (C=O) groups excluding carboxylic acids is 1. The Kier molecular flexibility index (Phi) is 2.40. The fourth-order valence-electron chi connectivity index (χ4n) is 1.74. The van der Waals surface area contributed by atoms with Crippen LogP contribution in [0, 0.1) is 0 Å². The van der Waals surface area contributed by atoms with E-state index in [9.17, 15) is 4.79 Å². The van der Waals surface area contributed by atoms with Gasteiger partial charge >= 0.3 is 0 Å². The summed E-state index contributed by atoms with van der Waals surface area (Å²) in [5.74, 6) is 1.13. The molecule has 1 aromatic heterocycles. The maximum Gasteiger partial charge on any atom is 0.155 e. The van der Waals surface area contributed by atoms with Gasteiger partial charge in [-0.15, -0.1) is 0 Å². The molecule has 0 amide bonds. The topological polar surface area (TPSA) is 55.1 Å². The predicted octanol–water partition coefficient (Wildman–Crippen LogP) is 0.954. The molecule has 1 N–H and O–H groups in total. The van der Waals surface area contributed by atoms with Gasteiger partial charge in [0, 0.05) is 5.92 Å². The van der Waals surface area contributed by atoms with Gasteiger partial charge in [-0.3, -0.25) is 4.79 Å². The molecule has 4 nitrogen and oxygen atoms in total. The van der Waals surface area contributed by atoms with E-state index in [2.05, 4.69) is 10.5 Å².